The number of aryl methyl sites for hydroxylation is 1. The van der Waals surface area contributed by atoms with Gasteiger partial charge in [0.1, 0.15) is 0 Å². The molecule has 2 amide bonds. The number of hydrogen-bond donors (Lipinski definition) is 3. The molecule has 0 unspecified atom stereocenters. The third-order valence-corrected chi connectivity index (χ3v) is 2.22. The van der Waals surface area contributed by atoms with Gasteiger partial charge in [0.2, 0.25) is 0 Å². The molecule has 1 aromatic carbocycles. The number of urea groups is 1. The summed E-state index contributed by atoms with van der Waals surface area (Å²) in [5.41, 5.74) is 1.51. The Morgan fingerprint density at radius 2 is 2.17 bits per heavy atom. The van der Waals surface area contributed by atoms with Gasteiger partial charge in [0.15, 0.2) is 0 Å². The van der Waals surface area contributed by atoms with Gasteiger partial charge in [-0.3, -0.25) is 4.79 Å². The molecule has 0 radical (unpaired) electrons. The van der Waals surface area contributed by atoms with Crippen molar-refractivity contribution < 1.29 is 14.7 Å². The molecule has 96 valence electrons. The van der Waals surface area contributed by atoms with E-state index in [1.165, 1.54) is 0 Å². The normalized spacial score (nSPS) is 9.56. The van der Waals surface area contributed by atoms with Gasteiger partial charge >= 0.3 is 12.0 Å². The number of benzene rings is 1. The zero-order chi connectivity index (χ0) is 13.4. The Kier molecular flexibility index (Phi) is 5.44. The second-order valence-corrected chi connectivity index (χ2v) is 3.72. The first-order valence-electron chi connectivity index (χ1n) is 5.58. The van der Waals surface area contributed by atoms with E-state index in [9.17, 15) is 9.59 Å². The Bertz CT molecular complexity index is 444. The van der Waals surface area contributed by atoms with Gasteiger partial charge in [-0.15, -0.1) is 6.58 Å². The van der Waals surface area contributed by atoms with Crippen LogP contribution in [0, 0.1) is 0 Å². The van der Waals surface area contributed by atoms with Crippen LogP contribution in [-0.2, 0) is 11.2 Å². The zero-order valence-electron chi connectivity index (χ0n) is 9.98. The number of hydrogen-bond acceptors (Lipinski definition) is 2. The second-order valence-electron chi connectivity index (χ2n) is 3.72. The summed E-state index contributed by atoms with van der Waals surface area (Å²) in [5.74, 6) is -0.836. The maximum Gasteiger partial charge on any atom is 0.319 e. The molecule has 18 heavy (non-hydrogen) atoms. The van der Waals surface area contributed by atoms with Gasteiger partial charge in [0, 0.05) is 18.7 Å². The molecule has 0 heterocycles. The topological polar surface area (TPSA) is 78.4 Å². The van der Waals surface area contributed by atoms with Crippen LogP contribution in [0.4, 0.5) is 10.5 Å². The molecule has 1 rings (SSSR count). The quantitative estimate of drug-likeness (QED) is 0.674. The summed E-state index contributed by atoms with van der Waals surface area (Å²) >= 11 is 0. The fraction of sp³-hybridized carbons (Fsp3) is 0.231. The lowest BCUT2D eigenvalue weighted by molar-refractivity contribution is -0.136. The first-order valence-corrected chi connectivity index (χ1v) is 5.58. The second kappa shape index (κ2) is 7.11. The highest BCUT2D eigenvalue weighted by Crippen LogP contribution is 2.12. The Morgan fingerprint density at radius 1 is 1.39 bits per heavy atom. The van der Waals surface area contributed by atoms with Gasteiger partial charge in [-0.25, -0.2) is 4.79 Å². The molecule has 0 aliphatic heterocycles. The maximum absolute atomic E-state index is 11.4. The Balaban J connectivity index is 2.55. The molecule has 5 heteroatoms. The van der Waals surface area contributed by atoms with E-state index in [-0.39, 0.29) is 12.5 Å². The summed E-state index contributed by atoms with van der Waals surface area (Å²) in [6, 6.07) is 6.80. The van der Waals surface area contributed by atoms with Gasteiger partial charge in [-0.05, 0) is 24.1 Å². The number of rotatable bonds is 6. The molecular formula is C13H16N2O3. The first kappa shape index (κ1) is 13.8. The number of carboxylic acids is 1. The van der Waals surface area contributed by atoms with E-state index in [4.69, 9.17) is 5.11 Å². The lowest BCUT2D eigenvalue weighted by Gasteiger charge is -2.07. The molecule has 0 atom stereocenters. The standard InChI is InChI=1S/C13H16N2O3/c1-2-8-14-13(18)15-11-5-3-4-10(9-11)6-7-12(16)17/h2-5,9H,1,6-8H2,(H,16,17)(H2,14,15,18). The van der Waals surface area contributed by atoms with Crippen molar-refractivity contribution >= 4 is 17.7 Å². The highest BCUT2D eigenvalue weighted by atomic mass is 16.4. The Hall–Kier alpha value is -2.30. The van der Waals surface area contributed by atoms with Crippen molar-refractivity contribution in [3.05, 3.63) is 42.5 Å². The minimum atomic E-state index is -0.836. The van der Waals surface area contributed by atoms with Crippen molar-refractivity contribution in [1.29, 1.82) is 0 Å². The van der Waals surface area contributed by atoms with E-state index >= 15 is 0 Å². The highest BCUT2D eigenvalue weighted by molar-refractivity contribution is 5.89. The van der Waals surface area contributed by atoms with Crippen LogP contribution in [0.5, 0.6) is 0 Å². The molecule has 1 aromatic rings. The van der Waals surface area contributed by atoms with E-state index in [1.54, 1.807) is 24.3 Å². The summed E-state index contributed by atoms with van der Waals surface area (Å²) < 4.78 is 0. The molecule has 0 spiro atoms. The summed E-state index contributed by atoms with van der Waals surface area (Å²) in [6.45, 7) is 3.89. The molecule has 0 saturated heterocycles. The smallest absolute Gasteiger partial charge is 0.319 e. The minimum Gasteiger partial charge on any atom is -0.481 e. The monoisotopic (exact) mass is 248 g/mol. The van der Waals surface area contributed by atoms with Crippen molar-refractivity contribution in [3.8, 4) is 0 Å². The average molecular weight is 248 g/mol. The van der Waals surface area contributed by atoms with Crippen LogP contribution in [0.25, 0.3) is 0 Å². The summed E-state index contributed by atoms with van der Waals surface area (Å²) in [5, 5.41) is 13.8. The van der Waals surface area contributed by atoms with E-state index in [2.05, 4.69) is 17.2 Å². The average Bonchev–Trinajstić information content (AvgIpc) is 2.34. The third-order valence-electron chi connectivity index (χ3n) is 2.22. The third kappa shape index (κ3) is 5.16. The lowest BCUT2D eigenvalue weighted by Crippen LogP contribution is -2.28. The van der Waals surface area contributed by atoms with Crippen molar-refractivity contribution in [2.75, 3.05) is 11.9 Å². The molecule has 0 bridgehead atoms. The minimum absolute atomic E-state index is 0.0755. The SMILES string of the molecule is C=CCNC(=O)Nc1cccc(CCC(=O)O)c1. The van der Waals surface area contributed by atoms with Gasteiger partial charge in [0.25, 0.3) is 0 Å². The number of carbonyl (C=O) groups is 2. The van der Waals surface area contributed by atoms with Gasteiger partial charge in [-0.2, -0.15) is 0 Å². The molecule has 3 N–H and O–H groups in total. The number of carboxylic acid groups (broad SMARTS) is 1. The van der Waals surface area contributed by atoms with Crippen LogP contribution < -0.4 is 10.6 Å². The van der Waals surface area contributed by atoms with Crippen LogP contribution in [0.3, 0.4) is 0 Å². The molecule has 0 aliphatic carbocycles. The van der Waals surface area contributed by atoms with E-state index < -0.39 is 5.97 Å². The van der Waals surface area contributed by atoms with Crippen LogP contribution in [0.15, 0.2) is 36.9 Å². The van der Waals surface area contributed by atoms with Crippen LogP contribution in [0.1, 0.15) is 12.0 Å². The summed E-state index contributed by atoms with van der Waals surface area (Å²) in [6.07, 6.45) is 2.11. The molecule has 0 aliphatic rings. The van der Waals surface area contributed by atoms with Crippen LogP contribution in [-0.4, -0.2) is 23.7 Å². The van der Waals surface area contributed by atoms with Gasteiger partial charge in [0.05, 0.1) is 0 Å². The van der Waals surface area contributed by atoms with Crippen molar-refractivity contribution in [1.82, 2.24) is 5.32 Å². The molecule has 0 aromatic heterocycles. The number of aliphatic carboxylic acids is 1. The van der Waals surface area contributed by atoms with Crippen LogP contribution >= 0.6 is 0 Å². The molecule has 0 saturated carbocycles. The number of amides is 2. The number of anilines is 1. The van der Waals surface area contributed by atoms with Gasteiger partial charge < -0.3 is 15.7 Å². The van der Waals surface area contributed by atoms with Crippen molar-refractivity contribution in [3.63, 3.8) is 0 Å². The lowest BCUT2D eigenvalue weighted by atomic mass is 10.1. The van der Waals surface area contributed by atoms with E-state index in [0.29, 0.717) is 18.7 Å². The Morgan fingerprint density at radius 3 is 2.83 bits per heavy atom. The predicted octanol–water partition coefficient (Wildman–Crippen LogP) is 2.01. The molecule has 5 nitrogen and oxygen atoms in total. The first-order chi connectivity index (χ1) is 8.61. The van der Waals surface area contributed by atoms with Gasteiger partial charge in [-0.1, -0.05) is 18.2 Å². The summed E-state index contributed by atoms with van der Waals surface area (Å²) in [4.78, 5) is 21.8. The summed E-state index contributed by atoms with van der Waals surface area (Å²) in [7, 11) is 0. The zero-order valence-corrected chi connectivity index (χ0v) is 9.98. The fourth-order valence-corrected chi connectivity index (χ4v) is 1.40. The molecule has 0 fully saturated rings. The van der Waals surface area contributed by atoms with Crippen molar-refractivity contribution in [2.45, 2.75) is 12.8 Å². The molecular weight excluding hydrogens is 232 g/mol. The Labute approximate surface area is 106 Å². The number of carbonyl (C=O) groups excluding carboxylic acids is 1. The fourth-order valence-electron chi connectivity index (χ4n) is 1.40. The van der Waals surface area contributed by atoms with E-state index in [0.717, 1.165) is 5.56 Å². The maximum atomic E-state index is 11.4. The van der Waals surface area contributed by atoms with E-state index in [1.807, 2.05) is 6.07 Å². The van der Waals surface area contributed by atoms with Crippen LogP contribution in [0.2, 0.25) is 0 Å². The van der Waals surface area contributed by atoms with Crippen molar-refractivity contribution in [2.24, 2.45) is 0 Å². The number of nitrogens with one attached hydrogen (secondary N) is 2. The largest absolute Gasteiger partial charge is 0.481 e. The highest BCUT2D eigenvalue weighted by Gasteiger charge is 2.02. The predicted molar refractivity (Wildman–Crippen MR) is 69.6 cm³/mol.